The van der Waals surface area contributed by atoms with Gasteiger partial charge in [0.1, 0.15) is 11.4 Å². The number of hydrogen-bond acceptors (Lipinski definition) is 3. The van der Waals surface area contributed by atoms with E-state index in [9.17, 15) is 5.11 Å². The molecule has 0 aliphatic rings. The molecule has 0 radical (unpaired) electrons. The van der Waals surface area contributed by atoms with Crippen LogP contribution in [0, 0.1) is 5.92 Å². The van der Waals surface area contributed by atoms with Crippen LogP contribution < -0.4 is 4.74 Å². The Labute approximate surface area is 125 Å². The van der Waals surface area contributed by atoms with Crippen molar-refractivity contribution in [3.05, 3.63) is 65.2 Å². The fraction of sp³-hybridized carbons (Fsp3) is 0.333. The lowest BCUT2D eigenvalue weighted by atomic mass is 9.77. The lowest BCUT2D eigenvalue weighted by Crippen LogP contribution is -2.33. The molecule has 0 aromatic heterocycles. The van der Waals surface area contributed by atoms with Crippen molar-refractivity contribution in [3.8, 4) is 5.75 Å². The molecule has 0 spiro atoms. The van der Waals surface area contributed by atoms with E-state index in [4.69, 9.17) is 9.84 Å². The number of rotatable bonds is 5. The van der Waals surface area contributed by atoms with Crippen molar-refractivity contribution in [1.29, 1.82) is 0 Å². The molecule has 2 N–H and O–H groups in total. The first kappa shape index (κ1) is 15.5. The summed E-state index contributed by atoms with van der Waals surface area (Å²) in [6.07, 6.45) is 0. The van der Waals surface area contributed by atoms with E-state index in [1.54, 1.807) is 7.11 Å². The van der Waals surface area contributed by atoms with Crippen LogP contribution in [0.5, 0.6) is 5.75 Å². The Morgan fingerprint density at radius 3 is 1.81 bits per heavy atom. The summed E-state index contributed by atoms with van der Waals surface area (Å²) in [4.78, 5) is 0. The monoisotopic (exact) mass is 286 g/mol. The molecule has 0 bridgehead atoms. The molecule has 3 nitrogen and oxygen atoms in total. The van der Waals surface area contributed by atoms with Gasteiger partial charge in [-0.05, 0) is 34.7 Å². The second-order valence-electron chi connectivity index (χ2n) is 5.50. The summed E-state index contributed by atoms with van der Waals surface area (Å²) in [6, 6.07) is 14.9. The zero-order valence-electron chi connectivity index (χ0n) is 12.7. The molecule has 0 aliphatic heterocycles. The van der Waals surface area contributed by atoms with Crippen LogP contribution in [-0.4, -0.2) is 17.3 Å². The quantitative estimate of drug-likeness (QED) is 0.888. The smallest absolute Gasteiger partial charge is 0.118 e. The first-order valence-electron chi connectivity index (χ1n) is 7.09. The Hall–Kier alpha value is -1.84. The van der Waals surface area contributed by atoms with Crippen molar-refractivity contribution < 1.29 is 14.9 Å². The van der Waals surface area contributed by atoms with E-state index < -0.39 is 5.60 Å². The van der Waals surface area contributed by atoms with Gasteiger partial charge in [0.05, 0.1) is 13.7 Å². The second kappa shape index (κ2) is 6.29. The molecular weight excluding hydrogens is 264 g/mol. The van der Waals surface area contributed by atoms with Crippen LogP contribution in [0.15, 0.2) is 48.5 Å². The summed E-state index contributed by atoms with van der Waals surface area (Å²) in [5, 5.41) is 20.4. The highest BCUT2D eigenvalue weighted by Gasteiger charge is 2.35. The third-order valence-electron chi connectivity index (χ3n) is 3.94. The van der Waals surface area contributed by atoms with Crippen molar-refractivity contribution in [1.82, 2.24) is 0 Å². The van der Waals surface area contributed by atoms with Gasteiger partial charge in [-0.3, -0.25) is 0 Å². The van der Waals surface area contributed by atoms with E-state index in [1.165, 1.54) is 0 Å². The summed E-state index contributed by atoms with van der Waals surface area (Å²) < 4.78 is 5.17. The molecule has 21 heavy (non-hydrogen) atoms. The van der Waals surface area contributed by atoms with Crippen LogP contribution in [0.2, 0.25) is 0 Å². The predicted molar refractivity (Wildman–Crippen MR) is 83.2 cm³/mol. The van der Waals surface area contributed by atoms with Gasteiger partial charge in [0, 0.05) is 0 Å². The second-order valence-corrected chi connectivity index (χ2v) is 5.50. The third kappa shape index (κ3) is 2.94. The van der Waals surface area contributed by atoms with Gasteiger partial charge >= 0.3 is 0 Å². The van der Waals surface area contributed by atoms with Crippen molar-refractivity contribution in [2.75, 3.05) is 7.11 Å². The molecule has 3 heteroatoms. The molecule has 0 amide bonds. The maximum atomic E-state index is 11.3. The van der Waals surface area contributed by atoms with Gasteiger partial charge in [-0.2, -0.15) is 0 Å². The van der Waals surface area contributed by atoms with Gasteiger partial charge in [0.2, 0.25) is 0 Å². The molecule has 2 aromatic carbocycles. The Balaban J connectivity index is 2.47. The van der Waals surface area contributed by atoms with Crippen LogP contribution in [0.25, 0.3) is 0 Å². The molecule has 1 atom stereocenters. The van der Waals surface area contributed by atoms with E-state index in [2.05, 4.69) is 0 Å². The maximum Gasteiger partial charge on any atom is 0.118 e. The molecule has 0 saturated heterocycles. The molecule has 0 heterocycles. The van der Waals surface area contributed by atoms with E-state index in [1.807, 2.05) is 62.4 Å². The SMILES string of the molecule is COc1ccc(C(O)(c2ccc(CO)cc2)C(C)C)cc1. The molecule has 0 saturated carbocycles. The van der Waals surface area contributed by atoms with E-state index in [-0.39, 0.29) is 12.5 Å². The normalized spacial score (nSPS) is 14.0. The fourth-order valence-electron chi connectivity index (χ4n) is 2.54. The number of aliphatic hydroxyl groups excluding tert-OH is 1. The lowest BCUT2D eigenvalue weighted by molar-refractivity contribution is 0.0317. The Kier molecular flexibility index (Phi) is 4.66. The van der Waals surface area contributed by atoms with Crippen LogP contribution in [0.4, 0.5) is 0 Å². The Morgan fingerprint density at radius 1 is 0.952 bits per heavy atom. The minimum atomic E-state index is -1.07. The highest BCUT2D eigenvalue weighted by atomic mass is 16.5. The minimum absolute atomic E-state index is 0.00290. The standard InChI is InChI=1S/C18H22O3/c1-13(2)18(20,15-6-4-14(12-19)5-7-15)16-8-10-17(21-3)11-9-16/h4-11,13,19-20H,12H2,1-3H3. The van der Waals surface area contributed by atoms with E-state index >= 15 is 0 Å². The number of ether oxygens (including phenoxy) is 1. The van der Waals surface area contributed by atoms with Gasteiger partial charge in [0.15, 0.2) is 0 Å². The molecule has 112 valence electrons. The molecule has 2 aromatic rings. The molecule has 1 unspecified atom stereocenters. The number of aliphatic hydroxyl groups is 2. The summed E-state index contributed by atoms with van der Waals surface area (Å²) >= 11 is 0. The predicted octanol–water partition coefficient (Wildman–Crippen LogP) is 3.08. The van der Waals surface area contributed by atoms with Gasteiger partial charge in [-0.15, -0.1) is 0 Å². The van der Waals surface area contributed by atoms with Crippen LogP contribution in [0.3, 0.4) is 0 Å². The largest absolute Gasteiger partial charge is 0.497 e. The van der Waals surface area contributed by atoms with Crippen LogP contribution >= 0.6 is 0 Å². The highest BCUT2D eigenvalue weighted by Crippen LogP contribution is 2.37. The van der Waals surface area contributed by atoms with Crippen molar-refractivity contribution in [2.45, 2.75) is 26.1 Å². The maximum absolute atomic E-state index is 11.3. The van der Waals surface area contributed by atoms with Crippen molar-refractivity contribution in [2.24, 2.45) is 5.92 Å². The number of hydrogen-bond donors (Lipinski definition) is 2. The topological polar surface area (TPSA) is 49.7 Å². The summed E-state index contributed by atoms with van der Waals surface area (Å²) in [7, 11) is 1.62. The molecule has 0 aliphatic carbocycles. The number of methoxy groups -OCH3 is 1. The molecular formula is C18H22O3. The molecule has 2 rings (SSSR count). The van der Waals surface area contributed by atoms with Gasteiger partial charge in [-0.25, -0.2) is 0 Å². The average molecular weight is 286 g/mol. The Morgan fingerprint density at radius 2 is 1.43 bits per heavy atom. The van der Waals surface area contributed by atoms with Crippen LogP contribution in [-0.2, 0) is 12.2 Å². The zero-order valence-corrected chi connectivity index (χ0v) is 12.7. The minimum Gasteiger partial charge on any atom is -0.497 e. The van der Waals surface area contributed by atoms with Crippen molar-refractivity contribution >= 4 is 0 Å². The highest BCUT2D eigenvalue weighted by molar-refractivity contribution is 5.40. The van der Waals surface area contributed by atoms with Gasteiger partial charge < -0.3 is 14.9 Å². The summed E-state index contributed by atoms with van der Waals surface area (Å²) in [5.74, 6) is 0.770. The van der Waals surface area contributed by atoms with Gasteiger partial charge in [0.25, 0.3) is 0 Å². The Bertz CT molecular complexity index is 523. The van der Waals surface area contributed by atoms with Crippen LogP contribution in [0.1, 0.15) is 30.5 Å². The first-order valence-corrected chi connectivity index (χ1v) is 7.09. The molecule has 0 fully saturated rings. The van der Waals surface area contributed by atoms with E-state index in [0.29, 0.717) is 0 Å². The van der Waals surface area contributed by atoms with Crippen molar-refractivity contribution in [3.63, 3.8) is 0 Å². The van der Waals surface area contributed by atoms with E-state index in [0.717, 1.165) is 22.4 Å². The number of benzene rings is 2. The lowest BCUT2D eigenvalue weighted by Gasteiger charge is -2.33. The zero-order chi connectivity index (χ0) is 15.5. The third-order valence-corrected chi connectivity index (χ3v) is 3.94. The summed E-state index contributed by atoms with van der Waals surface area (Å²) in [5.41, 5.74) is 1.41. The summed E-state index contributed by atoms with van der Waals surface area (Å²) in [6.45, 7) is 3.98. The first-order chi connectivity index (χ1) is 10.0. The average Bonchev–Trinajstić information content (AvgIpc) is 2.54. The fourth-order valence-corrected chi connectivity index (χ4v) is 2.54. The van der Waals surface area contributed by atoms with Gasteiger partial charge in [-0.1, -0.05) is 50.2 Å².